The third kappa shape index (κ3) is 3.34. The van der Waals surface area contributed by atoms with Crippen LogP contribution in [-0.2, 0) is 9.59 Å². The van der Waals surface area contributed by atoms with Crippen molar-refractivity contribution >= 4 is 17.5 Å². The van der Waals surface area contributed by atoms with Crippen LogP contribution in [0.5, 0.6) is 0 Å². The topological polar surface area (TPSA) is 92.4 Å². The molecule has 4 heterocycles. The van der Waals surface area contributed by atoms with Crippen LogP contribution in [-0.4, -0.2) is 51.5 Å². The first-order valence-corrected chi connectivity index (χ1v) is 9.98. The lowest BCUT2D eigenvalue weighted by molar-refractivity contribution is -0.140. The van der Waals surface area contributed by atoms with Crippen LogP contribution in [0.3, 0.4) is 0 Å². The highest BCUT2D eigenvalue weighted by atomic mass is 16.5. The second-order valence-corrected chi connectivity index (χ2v) is 7.88. The summed E-state index contributed by atoms with van der Waals surface area (Å²) >= 11 is 0. The molecule has 0 saturated carbocycles. The molecule has 2 saturated heterocycles. The highest BCUT2D eigenvalue weighted by molar-refractivity contribution is 6.00. The van der Waals surface area contributed by atoms with E-state index < -0.39 is 0 Å². The third-order valence-corrected chi connectivity index (χ3v) is 5.72. The molecule has 0 spiro atoms. The molecule has 2 aliphatic heterocycles. The van der Waals surface area contributed by atoms with E-state index in [1.165, 1.54) is 0 Å². The van der Waals surface area contributed by atoms with Crippen LogP contribution in [0.4, 0.5) is 5.69 Å². The van der Waals surface area contributed by atoms with Crippen LogP contribution >= 0.6 is 0 Å². The van der Waals surface area contributed by atoms with E-state index in [0.717, 1.165) is 16.8 Å². The number of pyridine rings is 1. The lowest BCUT2D eigenvalue weighted by Gasteiger charge is -2.38. The number of aryl methyl sites for hydroxylation is 1. The minimum Gasteiger partial charge on any atom is -0.341 e. The molecule has 30 heavy (non-hydrogen) atoms. The van der Waals surface area contributed by atoms with Crippen LogP contribution < -0.4 is 4.90 Å². The van der Waals surface area contributed by atoms with Crippen molar-refractivity contribution in [3.8, 4) is 11.4 Å². The van der Waals surface area contributed by atoms with Gasteiger partial charge in [-0.1, -0.05) is 22.9 Å². The van der Waals surface area contributed by atoms with Gasteiger partial charge in [0.05, 0.1) is 11.8 Å². The molecule has 2 aromatic heterocycles. The van der Waals surface area contributed by atoms with Gasteiger partial charge in [-0.2, -0.15) is 4.98 Å². The molecule has 2 amide bonds. The van der Waals surface area contributed by atoms with Gasteiger partial charge in [-0.25, -0.2) is 0 Å². The number of amides is 2. The standard InChI is InChI=1S/C22H21N5O3/c1-14-4-6-18(7-5-14)27-13-16(9-19(27)28)22(29)26-11-17(12-26)21-24-20(25-30-21)15-3-2-8-23-10-15/h2-8,10,16-17H,9,11-13H2,1H3. The van der Waals surface area contributed by atoms with Crippen molar-refractivity contribution < 1.29 is 14.1 Å². The number of hydrogen-bond donors (Lipinski definition) is 0. The van der Waals surface area contributed by atoms with E-state index in [9.17, 15) is 9.59 Å². The van der Waals surface area contributed by atoms with E-state index in [1.54, 1.807) is 22.2 Å². The van der Waals surface area contributed by atoms with Crippen LogP contribution in [0.15, 0.2) is 53.3 Å². The van der Waals surface area contributed by atoms with E-state index in [1.807, 2.05) is 43.3 Å². The first kappa shape index (κ1) is 18.5. The van der Waals surface area contributed by atoms with Crippen molar-refractivity contribution in [2.45, 2.75) is 19.3 Å². The smallest absolute Gasteiger partial charge is 0.233 e. The summed E-state index contributed by atoms with van der Waals surface area (Å²) in [5, 5.41) is 4.02. The molecule has 1 atom stereocenters. The molecule has 0 N–H and O–H groups in total. The Hall–Kier alpha value is -3.55. The number of benzene rings is 1. The Labute approximate surface area is 173 Å². The summed E-state index contributed by atoms with van der Waals surface area (Å²) in [7, 11) is 0. The number of nitrogens with zero attached hydrogens (tertiary/aromatic N) is 5. The van der Waals surface area contributed by atoms with E-state index in [-0.39, 0.29) is 30.1 Å². The lowest BCUT2D eigenvalue weighted by atomic mass is 9.96. The van der Waals surface area contributed by atoms with E-state index in [4.69, 9.17) is 4.52 Å². The fourth-order valence-corrected chi connectivity index (χ4v) is 3.93. The second kappa shape index (κ2) is 7.37. The zero-order valence-corrected chi connectivity index (χ0v) is 16.6. The Kier molecular flexibility index (Phi) is 4.54. The monoisotopic (exact) mass is 403 g/mol. The highest BCUT2D eigenvalue weighted by Gasteiger charge is 2.42. The van der Waals surface area contributed by atoms with Crippen molar-refractivity contribution in [3.05, 3.63) is 60.2 Å². The average Bonchev–Trinajstić information content (AvgIpc) is 3.35. The molecule has 5 rings (SSSR count). The molecule has 0 bridgehead atoms. The normalized spacial score (nSPS) is 19.2. The number of carbonyl (C=O) groups is 2. The minimum absolute atomic E-state index is 0.00714. The lowest BCUT2D eigenvalue weighted by Crippen LogP contribution is -2.51. The Bertz CT molecular complexity index is 1070. The molecule has 0 radical (unpaired) electrons. The first-order valence-electron chi connectivity index (χ1n) is 9.98. The summed E-state index contributed by atoms with van der Waals surface area (Å²) in [6.45, 7) is 3.49. The van der Waals surface area contributed by atoms with E-state index >= 15 is 0 Å². The van der Waals surface area contributed by atoms with Gasteiger partial charge in [-0.3, -0.25) is 14.6 Å². The van der Waals surface area contributed by atoms with Gasteiger partial charge in [-0.15, -0.1) is 0 Å². The van der Waals surface area contributed by atoms with Crippen LogP contribution in [0, 0.1) is 12.8 Å². The zero-order valence-electron chi connectivity index (χ0n) is 16.6. The molecule has 1 aromatic carbocycles. The largest absolute Gasteiger partial charge is 0.341 e. The van der Waals surface area contributed by atoms with Gasteiger partial charge in [0.1, 0.15) is 0 Å². The summed E-state index contributed by atoms with van der Waals surface area (Å²) in [4.78, 5) is 37.3. The van der Waals surface area contributed by atoms with Crippen molar-refractivity contribution in [3.63, 3.8) is 0 Å². The van der Waals surface area contributed by atoms with Crippen molar-refractivity contribution in [1.82, 2.24) is 20.0 Å². The van der Waals surface area contributed by atoms with Crippen molar-refractivity contribution in [1.29, 1.82) is 0 Å². The average molecular weight is 403 g/mol. The van der Waals surface area contributed by atoms with Gasteiger partial charge in [0.2, 0.25) is 23.5 Å². The molecule has 152 valence electrons. The van der Waals surface area contributed by atoms with Gasteiger partial charge in [0.25, 0.3) is 0 Å². The Morgan fingerprint density at radius 2 is 1.93 bits per heavy atom. The number of hydrogen-bond acceptors (Lipinski definition) is 6. The Morgan fingerprint density at radius 3 is 2.67 bits per heavy atom. The maximum absolute atomic E-state index is 12.9. The quantitative estimate of drug-likeness (QED) is 0.664. The van der Waals surface area contributed by atoms with Crippen LogP contribution in [0.2, 0.25) is 0 Å². The summed E-state index contributed by atoms with van der Waals surface area (Å²) in [5.41, 5.74) is 2.77. The number of anilines is 1. The second-order valence-electron chi connectivity index (χ2n) is 7.88. The van der Waals surface area contributed by atoms with Crippen LogP contribution in [0.25, 0.3) is 11.4 Å². The summed E-state index contributed by atoms with van der Waals surface area (Å²) in [5.74, 6) is 0.749. The third-order valence-electron chi connectivity index (χ3n) is 5.72. The molecule has 1 unspecified atom stereocenters. The zero-order chi connectivity index (χ0) is 20.7. The van der Waals surface area contributed by atoms with Gasteiger partial charge >= 0.3 is 0 Å². The van der Waals surface area contributed by atoms with E-state index in [0.29, 0.717) is 31.3 Å². The van der Waals surface area contributed by atoms with Gasteiger partial charge in [0.15, 0.2) is 0 Å². The fraction of sp³-hybridized carbons (Fsp3) is 0.318. The van der Waals surface area contributed by atoms with Gasteiger partial charge in [0, 0.05) is 49.7 Å². The molecule has 8 nitrogen and oxygen atoms in total. The van der Waals surface area contributed by atoms with E-state index in [2.05, 4.69) is 15.1 Å². The SMILES string of the molecule is Cc1ccc(N2CC(C(=O)N3CC(c4nc(-c5cccnc5)no4)C3)CC2=O)cc1. The fourth-order valence-electron chi connectivity index (χ4n) is 3.93. The molecule has 8 heteroatoms. The number of carbonyl (C=O) groups excluding carboxylic acids is 2. The molecule has 0 aliphatic carbocycles. The maximum atomic E-state index is 12.9. The Morgan fingerprint density at radius 1 is 1.13 bits per heavy atom. The molecular weight excluding hydrogens is 382 g/mol. The number of likely N-dealkylation sites (tertiary alicyclic amines) is 1. The number of rotatable bonds is 4. The van der Waals surface area contributed by atoms with Crippen LogP contribution in [0.1, 0.15) is 23.8 Å². The highest BCUT2D eigenvalue weighted by Crippen LogP contribution is 2.32. The van der Waals surface area contributed by atoms with Crippen molar-refractivity contribution in [2.24, 2.45) is 5.92 Å². The summed E-state index contributed by atoms with van der Waals surface area (Å²) in [6, 6.07) is 11.5. The Balaban J connectivity index is 1.20. The minimum atomic E-state index is -0.312. The van der Waals surface area contributed by atoms with Gasteiger partial charge in [-0.05, 0) is 31.2 Å². The molecule has 2 aliphatic rings. The molecule has 3 aromatic rings. The van der Waals surface area contributed by atoms with Gasteiger partial charge < -0.3 is 14.3 Å². The predicted octanol–water partition coefficient (Wildman–Crippen LogP) is 2.42. The first-order chi connectivity index (χ1) is 14.6. The number of aromatic nitrogens is 3. The van der Waals surface area contributed by atoms with Crippen molar-refractivity contribution in [2.75, 3.05) is 24.5 Å². The summed E-state index contributed by atoms with van der Waals surface area (Å²) in [6.07, 6.45) is 3.62. The maximum Gasteiger partial charge on any atom is 0.233 e. The summed E-state index contributed by atoms with van der Waals surface area (Å²) < 4.78 is 5.39. The molecular formula is C22H21N5O3. The predicted molar refractivity (Wildman–Crippen MR) is 108 cm³/mol. The molecule has 2 fully saturated rings.